The molecule has 9 nitrogen and oxygen atoms in total. The molecule has 3 aromatic rings. The predicted molar refractivity (Wildman–Crippen MR) is 156 cm³/mol. The number of anilines is 2. The molecule has 3 N–H and O–H groups in total. The third-order valence-electron chi connectivity index (χ3n) is 5.21. The summed E-state index contributed by atoms with van der Waals surface area (Å²) in [5.74, 6) is -1.18. The Kier molecular flexibility index (Phi) is 10.6. The molecule has 38 heavy (non-hydrogen) atoms. The highest BCUT2D eigenvalue weighted by molar-refractivity contribution is 14.1. The molecule has 0 bridgehead atoms. The molecule has 0 fully saturated rings. The Hall–Kier alpha value is -3.93. The first-order valence-corrected chi connectivity index (χ1v) is 13.1. The highest BCUT2D eigenvalue weighted by Gasteiger charge is 2.16. The van der Waals surface area contributed by atoms with E-state index in [4.69, 9.17) is 9.47 Å². The monoisotopic (exact) mass is 628 g/mol. The number of carbonyl (C=O) groups is 3. The fourth-order valence-corrected chi connectivity index (χ4v) is 4.25. The Morgan fingerprint density at radius 1 is 0.947 bits per heavy atom. The number of nitrogens with one attached hydrogen (secondary N) is 3. The van der Waals surface area contributed by atoms with Crippen LogP contribution in [0.3, 0.4) is 0 Å². The number of hydrazone groups is 1. The number of rotatable bonds is 10. The molecular formula is C28H29IN4O5. The molecular weight excluding hydrogens is 599 g/mol. The van der Waals surface area contributed by atoms with Crippen molar-refractivity contribution < 1.29 is 23.9 Å². The van der Waals surface area contributed by atoms with Crippen molar-refractivity contribution >= 4 is 57.9 Å². The van der Waals surface area contributed by atoms with Gasteiger partial charge in [-0.25, -0.2) is 5.43 Å². The summed E-state index contributed by atoms with van der Waals surface area (Å²) in [6.45, 7) is 5.91. The predicted octanol–water partition coefficient (Wildman–Crippen LogP) is 4.67. The van der Waals surface area contributed by atoms with Gasteiger partial charge in [-0.15, -0.1) is 0 Å². The van der Waals surface area contributed by atoms with Crippen molar-refractivity contribution in [3.63, 3.8) is 0 Å². The van der Waals surface area contributed by atoms with E-state index < -0.39 is 11.8 Å². The molecule has 10 heteroatoms. The topological polar surface area (TPSA) is 118 Å². The first kappa shape index (κ1) is 28.6. The van der Waals surface area contributed by atoms with Gasteiger partial charge in [-0.2, -0.15) is 5.10 Å². The maximum absolute atomic E-state index is 12.4. The van der Waals surface area contributed by atoms with E-state index in [0.29, 0.717) is 45.0 Å². The Labute approximate surface area is 235 Å². The van der Waals surface area contributed by atoms with Crippen LogP contribution in [0.2, 0.25) is 0 Å². The van der Waals surface area contributed by atoms with E-state index in [2.05, 4.69) is 43.8 Å². The lowest BCUT2D eigenvalue weighted by molar-refractivity contribution is -0.136. The maximum Gasteiger partial charge on any atom is 0.329 e. The Bertz CT molecular complexity index is 1340. The second kappa shape index (κ2) is 14.1. The first-order valence-electron chi connectivity index (χ1n) is 12.0. The second-order valence-electron chi connectivity index (χ2n) is 8.13. The van der Waals surface area contributed by atoms with Gasteiger partial charge in [0, 0.05) is 11.4 Å². The molecule has 3 rings (SSSR count). The van der Waals surface area contributed by atoms with Gasteiger partial charge in [-0.3, -0.25) is 14.4 Å². The van der Waals surface area contributed by atoms with Crippen molar-refractivity contribution in [2.24, 2.45) is 5.10 Å². The number of hydrogen-bond acceptors (Lipinski definition) is 6. The molecule has 0 heterocycles. The van der Waals surface area contributed by atoms with Gasteiger partial charge in [0.1, 0.15) is 0 Å². The van der Waals surface area contributed by atoms with Crippen LogP contribution in [0.5, 0.6) is 11.5 Å². The summed E-state index contributed by atoms with van der Waals surface area (Å²) in [6, 6.07) is 18.2. The van der Waals surface area contributed by atoms with Crippen molar-refractivity contribution in [1.82, 2.24) is 5.43 Å². The third kappa shape index (κ3) is 8.30. The van der Waals surface area contributed by atoms with Crippen molar-refractivity contribution in [1.29, 1.82) is 0 Å². The van der Waals surface area contributed by atoms with Crippen molar-refractivity contribution in [2.45, 2.75) is 27.2 Å². The van der Waals surface area contributed by atoms with E-state index in [-0.39, 0.29) is 12.5 Å². The molecule has 0 aliphatic heterocycles. The number of para-hydroxylation sites is 1. The summed E-state index contributed by atoms with van der Waals surface area (Å²) in [7, 11) is 0. The molecule has 3 aromatic carbocycles. The smallest absolute Gasteiger partial charge is 0.329 e. The minimum absolute atomic E-state index is 0.205. The number of hydrogen-bond donors (Lipinski definition) is 3. The molecule has 198 valence electrons. The fourth-order valence-electron chi connectivity index (χ4n) is 3.47. The summed E-state index contributed by atoms with van der Waals surface area (Å²) in [6.07, 6.45) is 2.11. The highest BCUT2D eigenvalue weighted by atomic mass is 127. The number of aryl methyl sites for hydroxylation is 2. The lowest BCUT2D eigenvalue weighted by Gasteiger charge is -2.14. The lowest BCUT2D eigenvalue weighted by atomic mass is 10.1. The first-order chi connectivity index (χ1) is 18.3. The molecule has 3 amide bonds. The van der Waals surface area contributed by atoms with E-state index in [1.165, 1.54) is 6.21 Å². The molecule has 0 spiro atoms. The normalized spacial score (nSPS) is 10.6. The van der Waals surface area contributed by atoms with Crippen molar-refractivity contribution in [2.75, 3.05) is 23.8 Å². The maximum atomic E-state index is 12.4. The van der Waals surface area contributed by atoms with Gasteiger partial charge >= 0.3 is 11.8 Å². The summed E-state index contributed by atoms with van der Waals surface area (Å²) in [5, 5.41) is 9.30. The number of ether oxygens (including phenoxy) is 2. The van der Waals surface area contributed by atoms with Crippen LogP contribution in [-0.2, 0) is 20.8 Å². The molecule has 0 aliphatic carbocycles. The number of benzene rings is 3. The fraction of sp³-hybridized carbons (Fsp3) is 0.214. The van der Waals surface area contributed by atoms with Crippen LogP contribution in [0.15, 0.2) is 65.8 Å². The summed E-state index contributed by atoms with van der Waals surface area (Å²) in [4.78, 5) is 36.8. The number of carbonyl (C=O) groups excluding carboxylic acids is 3. The highest BCUT2D eigenvalue weighted by Crippen LogP contribution is 2.34. The van der Waals surface area contributed by atoms with Gasteiger partial charge in [0.2, 0.25) is 0 Å². The standard InChI is InChI=1S/C28H29IN4O5/c1-4-20-10-6-7-12-23(20)32-27(35)28(36)33-30-16-19-14-22(29)26(24(15-19)37-5-2)38-17-25(34)31-21-11-8-9-18(3)13-21/h6-16H,4-5,17H2,1-3H3,(H,31,34)(H,32,35)(H,33,36)/b30-16-. The van der Waals surface area contributed by atoms with Crippen LogP contribution in [0.25, 0.3) is 0 Å². The van der Waals surface area contributed by atoms with Crippen LogP contribution >= 0.6 is 22.6 Å². The van der Waals surface area contributed by atoms with E-state index in [1.54, 1.807) is 30.3 Å². The average Bonchev–Trinajstić information content (AvgIpc) is 2.88. The van der Waals surface area contributed by atoms with Crippen LogP contribution in [0.1, 0.15) is 30.5 Å². The van der Waals surface area contributed by atoms with Crippen LogP contribution in [0.4, 0.5) is 11.4 Å². The Morgan fingerprint density at radius 3 is 2.47 bits per heavy atom. The largest absolute Gasteiger partial charge is 0.490 e. The SMILES string of the molecule is CCOc1cc(/C=N\NC(=O)C(=O)Nc2ccccc2CC)cc(I)c1OCC(=O)Nc1cccc(C)c1. The van der Waals surface area contributed by atoms with Gasteiger partial charge in [0.05, 0.1) is 16.4 Å². The molecule has 0 aliphatic rings. The zero-order valence-electron chi connectivity index (χ0n) is 21.3. The van der Waals surface area contributed by atoms with Crippen LogP contribution < -0.4 is 25.5 Å². The molecule has 0 saturated heterocycles. The van der Waals surface area contributed by atoms with Crippen molar-refractivity contribution in [3.05, 3.63) is 80.9 Å². The Balaban J connectivity index is 1.62. The molecule has 0 atom stereocenters. The van der Waals surface area contributed by atoms with Crippen LogP contribution in [-0.4, -0.2) is 37.1 Å². The third-order valence-corrected chi connectivity index (χ3v) is 6.01. The molecule has 0 unspecified atom stereocenters. The van der Waals surface area contributed by atoms with Gasteiger partial charge in [0.25, 0.3) is 5.91 Å². The van der Waals surface area contributed by atoms with E-state index >= 15 is 0 Å². The number of amides is 3. The number of halogens is 1. The molecule has 0 saturated carbocycles. The summed E-state index contributed by atoms with van der Waals surface area (Å²) in [5.41, 5.74) is 6.06. The van der Waals surface area contributed by atoms with E-state index in [0.717, 1.165) is 11.1 Å². The summed E-state index contributed by atoms with van der Waals surface area (Å²) < 4.78 is 12.2. The van der Waals surface area contributed by atoms with Gasteiger partial charge in [0.15, 0.2) is 18.1 Å². The molecule has 0 radical (unpaired) electrons. The summed E-state index contributed by atoms with van der Waals surface area (Å²) >= 11 is 2.07. The van der Waals surface area contributed by atoms with E-state index in [1.807, 2.05) is 51.1 Å². The van der Waals surface area contributed by atoms with Gasteiger partial charge in [-0.05, 0) is 89.9 Å². The average molecular weight is 628 g/mol. The molecule has 0 aromatic heterocycles. The van der Waals surface area contributed by atoms with Crippen molar-refractivity contribution in [3.8, 4) is 11.5 Å². The lowest BCUT2D eigenvalue weighted by Crippen LogP contribution is -2.32. The zero-order chi connectivity index (χ0) is 27.5. The minimum atomic E-state index is -0.897. The zero-order valence-corrected chi connectivity index (χ0v) is 23.5. The second-order valence-corrected chi connectivity index (χ2v) is 9.30. The quantitative estimate of drug-likeness (QED) is 0.131. The van der Waals surface area contributed by atoms with Crippen LogP contribution in [0, 0.1) is 10.5 Å². The number of nitrogens with zero attached hydrogens (tertiary/aromatic N) is 1. The van der Waals surface area contributed by atoms with Gasteiger partial charge < -0.3 is 20.1 Å². The minimum Gasteiger partial charge on any atom is -0.490 e. The van der Waals surface area contributed by atoms with Gasteiger partial charge in [-0.1, -0.05) is 37.3 Å². The Morgan fingerprint density at radius 2 is 1.74 bits per heavy atom. The van der Waals surface area contributed by atoms with E-state index in [9.17, 15) is 14.4 Å².